The van der Waals surface area contributed by atoms with E-state index >= 15 is 0 Å². The largest absolute Gasteiger partial charge is 0.465 e. The summed E-state index contributed by atoms with van der Waals surface area (Å²) < 4.78 is 6.04. The second kappa shape index (κ2) is 6.00. The van der Waals surface area contributed by atoms with Crippen LogP contribution in [0.1, 0.15) is 23.7 Å². The highest BCUT2D eigenvalue weighted by atomic mass is 16.5. The molecule has 0 atom stereocenters. The van der Waals surface area contributed by atoms with Crippen molar-refractivity contribution in [2.45, 2.75) is 13.3 Å². The van der Waals surface area contributed by atoms with Crippen molar-refractivity contribution in [2.75, 3.05) is 24.7 Å². The van der Waals surface area contributed by atoms with Crippen LogP contribution in [-0.4, -0.2) is 39.4 Å². The highest BCUT2D eigenvalue weighted by Gasteiger charge is 2.24. The second-order valence-electron chi connectivity index (χ2n) is 3.99. The van der Waals surface area contributed by atoms with Gasteiger partial charge in [0.1, 0.15) is 11.4 Å². The van der Waals surface area contributed by atoms with Crippen LogP contribution in [-0.2, 0) is 4.74 Å². The number of rotatable bonds is 5. The maximum absolute atomic E-state index is 11.8. The molecule has 8 nitrogen and oxygen atoms in total. The summed E-state index contributed by atoms with van der Waals surface area (Å²) in [6, 6.07) is 1.68. The first-order chi connectivity index (χ1) is 9.69. The van der Waals surface area contributed by atoms with Gasteiger partial charge in [-0.1, -0.05) is 6.92 Å². The fourth-order valence-corrected chi connectivity index (χ4v) is 1.65. The number of aromatic nitrogens is 4. The third kappa shape index (κ3) is 2.53. The van der Waals surface area contributed by atoms with Crippen molar-refractivity contribution >= 4 is 17.6 Å². The molecule has 0 aromatic carbocycles. The van der Waals surface area contributed by atoms with E-state index in [-0.39, 0.29) is 11.4 Å². The molecule has 2 heterocycles. The Balaban J connectivity index is 2.49. The van der Waals surface area contributed by atoms with Crippen LogP contribution in [0.2, 0.25) is 0 Å². The van der Waals surface area contributed by atoms with Crippen LogP contribution in [0.4, 0.5) is 11.6 Å². The van der Waals surface area contributed by atoms with Crippen molar-refractivity contribution in [1.29, 1.82) is 0 Å². The lowest BCUT2D eigenvalue weighted by molar-refractivity contribution is 0.0603. The van der Waals surface area contributed by atoms with Gasteiger partial charge in [-0.3, -0.25) is 0 Å². The van der Waals surface area contributed by atoms with E-state index in [1.807, 2.05) is 6.92 Å². The van der Waals surface area contributed by atoms with Crippen LogP contribution in [0, 0.1) is 0 Å². The van der Waals surface area contributed by atoms with Crippen LogP contribution in [0.3, 0.4) is 0 Å². The highest BCUT2D eigenvalue weighted by Crippen LogP contribution is 2.24. The minimum atomic E-state index is -0.553. The molecule has 20 heavy (non-hydrogen) atoms. The van der Waals surface area contributed by atoms with E-state index in [0.717, 1.165) is 6.42 Å². The molecular weight excluding hydrogens is 260 g/mol. The minimum absolute atomic E-state index is 0.140. The molecule has 0 saturated heterocycles. The predicted octanol–water partition coefficient (Wildman–Crippen LogP) is 0.853. The molecule has 2 rings (SSSR count). The van der Waals surface area contributed by atoms with E-state index in [9.17, 15) is 4.79 Å². The Labute approximate surface area is 116 Å². The van der Waals surface area contributed by atoms with Gasteiger partial charge in [-0.25, -0.2) is 14.8 Å². The third-order valence-corrected chi connectivity index (χ3v) is 2.59. The molecular formula is C12H16N6O2. The molecule has 0 aliphatic rings. The number of methoxy groups -OCH3 is 1. The third-order valence-electron chi connectivity index (χ3n) is 2.59. The van der Waals surface area contributed by atoms with Gasteiger partial charge in [0.25, 0.3) is 5.95 Å². The normalized spacial score (nSPS) is 10.3. The van der Waals surface area contributed by atoms with E-state index in [2.05, 4.69) is 20.4 Å². The van der Waals surface area contributed by atoms with Crippen molar-refractivity contribution < 1.29 is 9.53 Å². The quantitative estimate of drug-likeness (QED) is 0.779. The first kappa shape index (κ1) is 13.8. The number of carbonyl (C=O) groups excluding carboxylic acids is 1. The maximum atomic E-state index is 11.8. The van der Waals surface area contributed by atoms with Crippen molar-refractivity contribution in [1.82, 2.24) is 19.7 Å². The molecule has 0 amide bonds. The molecule has 0 radical (unpaired) electrons. The Kier molecular flexibility index (Phi) is 4.14. The van der Waals surface area contributed by atoms with Gasteiger partial charge in [0.2, 0.25) is 0 Å². The van der Waals surface area contributed by atoms with Gasteiger partial charge in [-0.05, 0) is 12.5 Å². The average Bonchev–Trinajstić information content (AvgIpc) is 2.82. The standard InChI is InChI=1S/C12H16N6O2/c1-3-5-14-10-8(11(19)20-2)9(13)18(17-10)12-15-6-4-7-16-12/h4,6-7H,3,5,13H2,1-2H3,(H,14,17). The molecule has 0 saturated carbocycles. The smallest absolute Gasteiger partial charge is 0.345 e. The molecule has 0 spiro atoms. The fraction of sp³-hybridized carbons (Fsp3) is 0.333. The lowest BCUT2D eigenvalue weighted by Crippen LogP contribution is -2.10. The van der Waals surface area contributed by atoms with Gasteiger partial charge in [0.15, 0.2) is 5.82 Å². The van der Waals surface area contributed by atoms with Crippen LogP contribution in [0.15, 0.2) is 18.5 Å². The molecule has 8 heteroatoms. The number of carbonyl (C=O) groups is 1. The zero-order valence-electron chi connectivity index (χ0n) is 11.3. The maximum Gasteiger partial charge on any atom is 0.345 e. The molecule has 0 aliphatic heterocycles. The van der Waals surface area contributed by atoms with Crippen LogP contribution < -0.4 is 11.1 Å². The van der Waals surface area contributed by atoms with E-state index in [0.29, 0.717) is 18.3 Å². The number of anilines is 2. The van der Waals surface area contributed by atoms with E-state index in [1.165, 1.54) is 11.8 Å². The van der Waals surface area contributed by atoms with Crippen LogP contribution in [0.25, 0.3) is 5.95 Å². The molecule has 106 valence electrons. The average molecular weight is 276 g/mol. The Bertz CT molecular complexity index is 595. The molecule has 2 aromatic rings. The van der Waals surface area contributed by atoms with Crippen molar-refractivity contribution in [3.05, 3.63) is 24.0 Å². The van der Waals surface area contributed by atoms with Crippen LogP contribution in [0.5, 0.6) is 0 Å². The highest BCUT2D eigenvalue weighted by molar-refractivity contribution is 5.99. The van der Waals surface area contributed by atoms with Gasteiger partial charge in [0.05, 0.1) is 7.11 Å². The molecule has 3 N–H and O–H groups in total. The van der Waals surface area contributed by atoms with Crippen molar-refractivity contribution in [3.8, 4) is 5.95 Å². The molecule has 2 aromatic heterocycles. The molecule has 0 bridgehead atoms. The number of hydrogen-bond acceptors (Lipinski definition) is 7. The first-order valence-electron chi connectivity index (χ1n) is 6.17. The Hall–Kier alpha value is -2.64. The van der Waals surface area contributed by atoms with Gasteiger partial charge in [0, 0.05) is 18.9 Å². The van der Waals surface area contributed by atoms with Crippen molar-refractivity contribution in [2.24, 2.45) is 0 Å². The molecule has 0 unspecified atom stereocenters. The number of hydrogen-bond donors (Lipinski definition) is 2. The number of nitrogens with zero attached hydrogens (tertiary/aromatic N) is 4. The van der Waals surface area contributed by atoms with E-state index < -0.39 is 5.97 Å². The SMILES string of the molecule is CCCNc1nn(-c2ncccn2)c(N)c1C(=O)OC. The van der Waals surface area contributed by atoms with Crippen LogP contribution >= 0.6 is 0 Å². The van der Waals surface area contributed by atoms with Gasteiger partial charge in [-0.15, -0.1) is 5.10 Å². The summed E-state index contributed by atoms with van der Waals surface area (Å²) in [6.07, 6.45) is 4.02. The molecule has 0 aliphatic carbocycles. The Morgan fingerprint density at radius 2 is 2.15 bits per heavy atom. The summed E-state index contributed by atoms with van der Waals surface area (Å²) in [6.45, 7) is 2.67. The summed E-state index contributed by atoms with van der Waals surface area (Å²) in [5.74, 6) is 0.244. The zero-order chi connectivity index (χ0) is 14.5. The van der Waals surface area contributed by atoms with E-state index in [4.69, 9.17) is 10.5 Å². The fourth-order valence-electron chi connectivity index (χ4n) is 1.65. The predicted molar refractivity (Wildman–Crippen MR) is 73.7 cm³/mol. The summed E-state index contributed by atoms with van der Waals surface area (Å²) in [5.41, 5.74) is 6.15. The minimum Gasteiger partial charge on any atom is -0.465 e. The van der Waals surface area contributed by atoms with Crippen molar-refractivity contribution in [3.63, 3.8) is 0 Å². The monoisotopic (exact) mass is 276 g/mol. The zero-order valence-corrected chi connectivity index (χ0v) is 11.3. The number of esters is 1. The summed E-state index contributed by atoms with van der Waals surface area (Å²) in [4.78, 5) is 19.9. The number of nitrogens with two attached hydrogens (primary N) is 1. The van der Waals surface area contributed by atoms with Gasteiger partial charge >= 0.3 is 5.97 Å². The number of nitrogen functional groups attached to an aromatic ring is 1. The summed E-state index contributed by atoms with van der Waals surface area (Å²) >= 11 is 0. The number of nitrogens with one attached hydrogen (secondary N) is 1. The van der Waals surface area contributed by atoms with Gasteiger partial charge < -0.3 is 15.8 Å². The lowest BCUT2D eigenvalue weighted by atomic mass is 10.3. The second-order valence-corrected chi connectivity index (χ2v) is 3.99. The summed E-state index contributed by atoms with van der Waals surface area (Å²) in [7, 11) is 1.29. The topological polar surface area (TPSA) is 108 Å². The van der Waals surface area contributed by atoms with E-state index in [1.54, 1.807) is 18.5 Å². The summed E-state index contributed by atoms with van der Waals surface area (Å²) in [5, 5.41) is 7.28. The Morgan fingerprint density at radius 1 is 1.45 bits per heavy atom. The molecule has 0 fully saturated rings. The number of ether oxygens (including phenoxy) is 1. The Morgan fingerprint density at radius 3 is 2.75 bits per heavy atom. The lowest BCUT2D eigenvalue weighted by Gasteiger charge is -2.03. The van der Waals surface area contributed by atoms with Gasteiger partial charge in [-0.2, -0.15) is 4.68 Å². The first-order valence-corrected chi connectivity index (χ1v) is 6.17.